The molecule has 1 aromatic heterocycles. The van der Waals surface area contributed by atoms with E-state index in [1.165, 1.54) is 18.7 Å². The molecule has 150 valence electrons. The summed E-state index contributed by atoms with van der Waals surface area (Å²) in [5, 5.41) is 7.04. The first kappa shape index (κ1) is 20.1. The number of aryl methyl sites for hydroxylation is 2. The minimum atomic E-state index is -1.00. The number of carbonyl (C=O) groups excluding carboxylic acids is 2. The molecule has 0 aliphatic heterocycles. The number of nitrogens with one attached hydrogen (secondary N) is 1. The van der Waals surface area contributed by atoms with Crippen LogP contribution in [0.2, 0.25) is 0 Å². The third-order valence-electron chi connectivity index (χ3n) is 4.41. The van der Waals surface area contributed by atoms with Crippen molar-refractivity contribution in [2.24, 2.45) is 0 Å². The average Bonchev–Trinajstić information content (AvgIpc) is 3.15. The molecule has 0 aliphatic rings. The van der Waals surface area contributed by atoms with Crippen LogP contribution in [-0.2, 0) is 9.53 Å². The van der Waals surface area contributed by atoms with Gasteiger partial charge in [0.15, 0.2) is 11.9 Å². The fraction of sp³-hybridized carbons (Fsp3) is 0.227. The van der Waals surface area contributed by atoms with Crippen LogP contribution in [0.1, 0.15) is 28.5 Å². The first-order valence-electron chi connectivity index (χ1n) is 9.17. The molecule has 1 heterocycles. The monoisotopic (exact) mass is 393 g/mol. The first-order valence-corrected chi connectivity index (χ1v) is 9.17. The summed E-state index contributed by atoms with van der Waals surface area (Å²) in [5.74, 6) is -0.896. The second kappa shape index (κ2) is 8.60. The molecule has 3 rings (SSSR count). The summed E-state index contributed by atoms with van der Waals surface area (Å²) >= 11 is 0. The standard InChI is InChI=1S/C22H23N3O4/c1-14-10-11-18(15(2)12-14)23-21(26)16(3)29-22(27)20-19(28-4)13-25(24-20)17-8-6-5-7-9-17/h5-13,16H,1-4H3,(H,23,26)/t16-/m0/s1. The van der Waals surface area contributed by atoms with Crippen molar-refractivity contribution >= 4 is 17.6 Å². The van der Waals surface area contributed by atoms with Crippen LogP contribution in [0.15, 0.2) is 54.7 Å². The molecular weight excluding hydrogens is 370 g/mol. The van der Waals surface area contributed by atoms with Crippen LogP contribution in [0.5, 0.6) is 5.75 Å². The lowest BCUT2D eigenvalue weighted by Gasteiger charge is -2.14. The van der Waals surface area contributed by atoms with E-state index in [-0.39, 0.29) is 11.4 Å². The molecule has 1 atom stereocenters. The zero-order valence-corrected chi connectivity index (χ0v) is 16.8. The van der Waals surface area contributed by atoms with Crippen molar-refractivity contribution in [3.8, 4) is 11.4 Å². The normalized spacial score (nSPS) is 11.6. The maximum Gasteiger partial charge on any atom is 0.363 e. The van der Waals surface area contributed by atoms with Crippen molar-refractivity contribution < 1.29 is 19.1 Å². The summed E-state index contributed by atoms with van der Waals surface area (Å²) in [6.45, 7) is 5.39. The number of aromatic nitrogens is 2. The van der Waals surface area contributed by atoms with Crippen LogP contribution >= 0.6 is 0 Å². The summed E-state index contributed by atoms with van der Waals surface area (Å²) in [5.41, 5.74) is 3.48. The van der Waals surface area contributed by atoms with E-state index in [2.05, 4.69) is 10.4 Å². The highest BCUT2D eigenvalue weighted by Crippen LogP contribution is 2.21. The molecule has 0 bridgehead atoms. The van der Waals surface area contributed by atoms with Crippen LogP contribution in [0.3, 0.4) is 0 Å². The molecule has 0 fully saturated rings. The Morgan fingerprint density at radius 3 is 2.48 bits per heavy atom. The summed E-state index contributed by atoms with van der Waals surface area (Å²) < 4.78 is 12.1. The van der Waals surface area contributed by atoms with E-state index in [1.807, 2.05) is 62.4 Å². The Morgan fingerprint density at radius 1 is 1.10 bits per heavy atom. The van der Waals surface area contributed by atoms with E-state index in [4.69, 9.17) is 9.47 Å². The molecule has 2 aromatic carbocycles. The van der Waals surface area contributed by atoms with Crippen molar-refractivity contribution in [1.82, 2.24) is 9.78 Å². The Hall–Kier alpha value is -3.61. The highest BCUT2D eigenvalue weighted by molar-refractivity contribution is 5.98. The van der Waals surface area contributed by atoms with Crippen LogP contribution in [0.4, 0.5) is 5.69 Å². The predicted molar refractivity (Wildman–Crippen MR) is 110 cm³/mol. The Balaban J connectivity index is 1.72. The Bertz CT molecular complexity index is 1030. The third kappa shape index (κ3) is 4.63. The van der Waals surface area contributed by atoms with Gasteiger partial charge >= 0.3 is 5.97 Å². The largest absolute Gasteiger partial charge is 0.493 e. The Kier molecular flexibility index (Phi) is 5.97. The van der Waals surface area contributed by atoms with Crippen LogP contribution in [0.25, 0.3) is 5.69 Å². The van der Waals surface area contributed by atoms with Gasteiger partial charge in [-0.1, -0.05) is 35.9 Å². The number of ether oxygens (including phenoxy) is 2. The molecule has 0 aliphatic carbocycles. The molecule has 0 unspecified atom stereocenters. The van der Waals surface area contributed by atoms with Gasteiger partial charge < -0.3 is 14.8 Å². The SMILES string of the molecule is COc1cn(-c2ccccc2)nc1C(=O)O[C@@H](C)C(=O)Nc1ccc(C)cc1C. The number of carbonyl (C=O) groups is 2. The number of hydrogen-bond acceptors (Lipinski definition) is 5. The number of methoxy groups -OCH3 is 1. The number of esters is 1. The van der Waals surface area contributed by atoms with Crippen molar-refractivity contribution in [3.63, 3.8) is 0 Å². The van der Waals surface area contributed by atoms with Crippen molar-refractivity contribution in [2.75, 3.05) is 12.4 Å². The van der Waals surface area contributed by atoms with Crippen molar-refractivity contribution in [3.05, 3.63) is 71.5 Å². The molecule has 0 spiro atoms. The van der Waals surface area contributed by atoms with Gasteiger partial charge in [0.1, 0.15) is 0 Å². The number of amides is 1. The highest BCUT2D eigenvalue weighted by atomic mass is 16.6. The molecule has 0 radical (unpaired) electrons. The van der Waals surface area contributed by atoms with Gasteiger partial charge in [-0.05, 0) is 44.5 Å². The van der Waals surface area contributed by atoms with E-state index in [1.54, 1.807) is 6.20 Å². The number of nitrogens with zero attached hydrogens (tertiary/aromatic N) is 2. The number of anilines is 1. The summed E-state index contributed by atoms with van der Waals surface area (Å²) in [7, 11) is 1.44. The second-order valence-electron chi connectivity index (χ2n) is 6.68. The molecule has 1 amide bonds. The van der Waals surface area contributed by atoms with Gasteiger partial charge in [0.25, 0.3) is 5.91 Å². The zero-order valence-electron chi connectivity index (χ0n) is 16.8. The van der Waals surface area contributed by atoms with Gasteiger partial charge in [-0.2, -0.15) is 5.10 Å². The summed E-state index contributed by atoms with van der Waals surface area (Å²) in [4.78, 5) is 25.0. The fourth-order valence-corrected chi connectivity index (χ4v) is 2.82. The minimum absolute atomic E-state index is 0.00233. The van der Waals surface area contributed by atoms with Crippen LogP contribution < -0.4 is 10.1 Å². The van der Waals surface area contributed by atoms with E-state index in [0.29, 0.717) is 5.69 Å². The minimum Gasteiger partial charge on any atom is -0.493 e. The van der Waals surface area contributed by atoms with Crippen molar-refractivity contribution in [2.45, 2.75) is 26.9 Å². The molecule has 29 heavy (non-hydrogen) atoms. The fourth-order valence-electron chi connectivity index (χ4n) is 2.82. The lowest BCUT2D eigenvalue weighted by atomic mass is 10.1. The lowest BCUT2D eigenvalue weighted by Crippen LogP contribution is -2.30. The number of benzene rings is 2. The third-order valence-corrected chi connectivity index (χ3v) is 4.41. The van der Waals surface area contributed by atoms with Gasteiger partial charge in [-0.15, -0.1) is 0 Å². The van der Waals surface area contributed by atoms with E-state index in [9.17, 15) is 9.59 Å². The molecule has 0 saturated heterocycles. The predicted octanol–water partition coefficient (Wildman–Crippen LogP) is 3.68. The number of rotatable bonds is 6. The number of hydrogen-bond donors (Lipinski definition) is 1. The molecule has 7 nitrogen and oxygen atoms in total. The Labute approximate surface area is 169 Å². The summed E-state index contributed by atoms with van der Waals surface area (Å²) in [6, 6.07) is 15.0. The van der Waals surface area contributed by atoms with Gasteiger partial charge in [0.2, 0.25) is 5.69 Å². The van der Waals surface area contributed by atoms with Crippen LogP contribution in [0, 0.1) is 13.8 Å². The molecule has 3 aromatic rings. The second-order valence-corrected chi connectivity index (χ2v) is 6.68. The molecule has 7 heteroatoms. The van der Waals surface area contributed by atoms with E-state index >= 15 is 0 Å². The number of para-hydroxylation sites is 1. The van der Waals surface area contributed by atoms with Gasteiger partial charge in [-0.25, -0.2) is 9.48 Å². The van der Waals surface area contributed by atoms with Gasteiger partial charge in [0, 0.05) is 5.69 Å². The van der Waals surface area contributed by atoms with E-state index < -0.39 is 18.0 Å². The maximum atomic E-state index is 12.6. The molecule has 1 N–H and O–H groups in total. The molecule has 0 saturated carbocycles. The van der Waals surface area contributed by atoms with Crippen LogP contribution in [-0.4, -0.2) is 34.9 Å². The van der Waals surface area contributed by atoms with Gasteiger partial charge in [0.05, 0.1) is 19.0 Å². The Morgan fingerprint density at radius 2 is 1.83 bits per heavy atom. The topological polar surface area (TPSA) is 82.5 Å². The quantitative estimate of drug-likeness (QED) is 0.646. The smallest absolute Gasteiger partial charge is 0.363 e. The zero-order chi connectivity index (χ0) is 21.0. The summed E-state index contributed by atoms with van der Waals surface area (Å²) in [6.07, 6.45) is 0.585. The molecular formula is C22H23N3O4. The van der Waals surface area contributed by atoms with Gasteiger partial charge in [-0.3, -0.25) is 4.79 Å². The van der Waals surface area contributed by atoms with E-state index in [0.717, 1.165) is 16.8 Å². The lowest BCUT2D eigenvalue weighted by molar-refractivity contribution is -0.123. The maximum absolute atomic E-state index is 12.6. The average molecular weight is 393 g/mol. The van der Waals surface area contributed by atoms with Crippen molar-refractivity contribution in [1.29, 1.82) is 0 Å². The highest BCUT2D eigenvalue weighted by Gasteiger charge is 2.25. The first-order chi connectivity index (χ1) is 13.9.